The largest absolute Gasteiger partial charge is 0.466 e. The van der Waals surface area contributed by atoms with Gasteiger partial charge in [0.25, 0.3) is 0 Å². The highest BCUT2D eigenvalue weighted by atomic mass is 16.5. The van der Waals surface area contributed by atoms with E-state index in [1.54, 1.807) is 0 Å². The summed E-state index contributed by atoms with van der Waals surface area (Å²) in [5.41, 5.74) is 0. The summed E-state index contributed by atoms with van der Waals surface area (Å²) in [5.74, 6) is 0.0489. The van der Waals surface area contributed by atoms with Crippen molar-refractivity contribution in [3.63, 3.8) is 0 Å². The lowest BCUT2D eigenvalue weighted by Crippen LogP contribution is -2.11. The number of aliphatic hydroxyl groups excluding tert-OH is 1. The van der Waals surface area contributed by atoms with E-state index in [0.29, 0.717) is 12.5 Å². The fourth-order valence-corrected chi connectivity index (χ4v) is 1.32. The fourth-order valence-electron chi connectivity index (χ4n) is 1.32. The molecule has 0 aliphatic rings. The van der Waals surface area contributed by atoms with Crippen LogP contribution >= 0.6 is 0 Å². The third-order valence-corrected chi connectivity index (χ3v) is 2.46. The van der Waals surface area contributed by atoms with Crippen LogP contribution in [0.2, 0.25) is 0 Å². The minimum absolute atomic E-state index is 0.0976. The van der Waals surface area contributed by atoms with Crippen molar-refractivity contribution in [1.82, 2.24) is 0 Å². The number of ether oxygens (including phenoxy) is 2. The maximum Gasteiger partial charge on any atom is 0.302 e. The second-order valence-corrected chi connectivity index (χ2v) is 4.28. The Morgan fingerprint density at radius 3 is 2.00 bits per heavy atom. The minimum atomic E-state index is -0.353. The minimum Gasteiger partial charge on any atom is -0.466 e. The predicted molar refractivity (Wildman–Crippen MR) is 73.7 cm³/mol. The van der Waals surface area contributed by atoms with Crippen LogP contribution in [0.25, 0.3) is 0 Å². The van der Waals surface area contributed by atoms with Crippen LogP contribution in [0.4, 0.5) is 0 Å². The zero-order valence-electron chi connectivity index (χ0n) is 12.6. The van der Waals surface area contributed by atoms with Gasteiger partial charge in [0.15, 0.2) is 0 Å². The number of hydrogen-bond donors (Lipinski definition) is 1. The molecule has 0 aliphatic heterocycles. The van der Waals surface area contributed by atoms with Crippen molar-refractivity contribution < 1.29 is 24.2 Å². The van der Waals surface area contributed by atoms with Crippen LogP contribution in [0.1, 0.15) is 53.4 Å². The zero-order valence-corrected chi connectivity index (χ0v) is 12.6. The summed E-state index contributed by atoms with van der Waals surface area (Å²) < 4.78 is 9.26. The number of esters is 2. The van der Waals surface area contributed by atoms with E-state index in [1.165, 1.54) is 33.1 Å². The smallest absolute Gasteiger partial charge is 0.302 e. The predicted octanol–water partition coefficient (Wildman–Crippen LogP) is 2.31. The van der Waals surface area contributed by atoms with Crippen molar-refractivity contribution in [3.8, 4) is 0 Å². The third kappa shape index (κ3) is 19.4. The molecule has 5 nitrogen and oxygen atoms in total. The Kier molecular flexibility index (Phi) is 15.9. The van der Waals surface area contributed by atoms with Gasteiger partial charge >= 0.3 is 11.9 Å². The van der Waals surface area contributed by atoms with Crippen molar-refractivity contribution in [3.05, 3.63) is 0 Å². The van der Waals surface area contributed by atoms with Crippen LogP contribution in [0.3, 0.4) is 0 Å². The van der Waals surface area contributed by atoms with Crippen LogP contribution in [-0.4, -0.2) is 36.9 Å². The molecule has 114 valence electrons. The molecule has 0 bridgehead atoms. The Hall–Kier alpha value is -1.10. The van der Waals surface area contributed by atoms with Gasteiger partial charge in [-0.25, -0.2) is 0 Å². The molecule has 0 rings (SSSR count). The Morgan fingerprint density at radius 2 is 1.68 bits per heavy atom. The van der Waals surface area contributed by atoms with E-state index in [2.05, 4.69) is 18.6 Å². The lowest BCUT2D eigenvalue weighted by atomic mass is 10.0. The van der Waals surface area contributed by atoms with E-state index in [-0.39, 0.29) is 25.2 Å². The molecule has 0 heterocycles. The summed E-state index contributed by atoms with van der Waals surface area (Å²) >= 11 is 0. The molecular formula is C14H28O5. The number of carbonyl (C=O) groups excluding carboxylic acids is 2. The number of hydrogen-bond acceptors (Lipinski definition) is 5. The Morgan fingerprint density at radius 1 is 1.11 bits per heavy atom. The standard InChI is InChI=1S/C10H20O2.C4H8O3/c1-4-6-7-10(5-2)8-12-9(3)11;1-4(6)7-3-2-5/h10H,4-8H2,1-3H3;5H,2-3H2,1H3. The lowest BCUT2D eigenvalue weighted by Gasteiger charge is -2.13. The van der Waals surface area contributed by atoms with Gasteiger partial charge in [-0.15, -0.1) is 0 Å². The van der Waals surface area contributed by atoms with Gasteiger partial charge in [-0.05, 0) is 12.3 Å². The Bertz CT molecular complexity index is 228. The molecule has 0 aromatic heterocycles. The molecule has 0 saturated heterocycles. The highest BCUT2D eigenvalue weighted by Gasteiger charge is 2.06. The third-order valence-electron chi connectivity index (χ3n) is 2.46. The first-order chi connectivity index (χ1) is 8.97. The molecule has 0 amide bonds. The maximum absolute atomic E-state index is 10.5. The summed E-state index contributed by atoms with van der Waals surface area (Å²) in [4.78, 5) is 20.4. The summed E-state index contributed by atoms with van der Waals surface area (Å²) in [7, 11) is 0. The van der Waals surface area contributed by atoms with Crippen LogP contribution in [0, 0.1) is 5.92 Å². The van der Waals surface area contributed by atoms with Crippen molar-refractivity contribution in [2.24, 2.45) is 5.92 Å². The number of aliphatic hydroxyl groups is 1. The van der Waals surface area contributed by atoms with E-state index in [4.69, 9.17) is 9.84 Å². The van der Waals surface area contributed by atoms with Crippen LogP contribution in [0.5, 0.6) is 0 Å². The first-order valence-electron chi connectivity index (χ1n) is 6.85. The van der Waals surface area contributed by atoms with Gasteiger partial charge < -0.3 is 14.6 Å². The van der Waals surface area contributed by atoms with E-state index < -0.39 is 0 Å². The quantitative estimate of drug-likeness (QED) is 0.689. The molecule has 1 unspecified atom stereocenters. The highest BCUT2D eigenvalue weighted by Crippen LogP contribution is 2.12. The van der Waals surface area contributed by atoms with E-state index in [9.17, 15) is 9.59 Å². The van der Waals surface area contributed by atoms with Gasteiger partial charge in [-0.3, -0.25) is 9.59 Å². The van der Waals surface area contributed by atoms with E-state index in [1.807, 2.05) is 0 Å². The van der Waals surface area contributed by atoms with Crippen molar-refractivity contribution in [1.29, 1.82) is 0 Å². The average Bonchev–Trinajstić information content (AvgIpc) is 2.37. The SMILES string of the molecule is CC(=O)OCCO.CCCCC(CC)COC(C)=O. The fraction of sp³-hybridized carbons (Fsp3) is 0.857. The summed E-state index contributed by atoms with van der Waals surface area (Å²) in [5, 5.41) is 8.04. The molecule has 0 aromatic rings. The van der Waals surface area contributed by atoms with Gasteiger partial charge in [0.1, 0.15) is 6.61 Å². The lowest BCUT2D eigenvalue weighted by molar-refractivity contribution is -0.143. The second-order valence-electron chi connectivity index (χ2n) is 4.28. The topological polar surface area (TPSA) is 72.8 Å². The number of rotatable bonds is 8. The van der Waals surface area contributed by atoms with Gasteiger partial charge in [0.05, 0.1) is 13.2 Å². The van der Waals surface area contributed by atoms with Gasteiger partial charge in [-0.1, -0.05) is 33.1 Å². The Labute approximate surface area is 116 Å². The highest BCUT2D eigenvalue weighted by molar-refractivity contribution is 5.66. The molecule has 0 aromatic carbocycles. The molecule has 1 N–H and O–H groups in total. The second kappa shape index (κ2) is 15.0. The molecule has 19 heavy (non-hydrogen) atoms. The summed E-state index contributed by atoms with van der Waals surface area (Å²) in [6, 6.07) is 0. The monoisotopic (exact) mass is 276 g/mol. The first-order valence-corrected chi connectivity index (χ1v) is 6.85. The molecule has 0 spiro atoms. The zero-order chi connectivity index (χ0) is 15.1. The normalized spacial score (nSPS) is 11.0. The molecule has 1 atom stereocenters. The van der Waals surface area contributed by atoms with Crippen molar-refractivity contribution in [2.45, 2.75) is 53.4 Å². The van der Waals surface area contributed by atoms with Gasteiger partial charge in [-0.2, -0.15) is 0 Å². The van der Waals surface area contributed by atoms with Gasteiger partial charge in [0.2, 0.25) is 0 Å². The van der Waals surface area contributed by atoms with Crippen LogP contribution in [0.15, 0.2) is 0 Å². The van der Waals surface area contributed by atoms with Crippen molar-refractivity contribution in [2.75, 3.05) is 19.8 Å². The van der Waals surface area contributed by atoms with Crippen LogP contribution < -0.4 is 0 Å². The Balaban J connectivity index is 0. The molecule has 5 heteroatoms. The molecule has 0 fully saturated rings. The van der Waals surface area contributed by atoms with E-state index >= 15 is 0 Å². The number of unbranched alkanes of at least 4 members (excludes halogenated alkanes) is 1. The van der Waals surface area contributed by atoms with Gasteiger partial charge in [0, 0.05) is 13.8 Å². The molecule has 0 saturated carbocycles. The maximum atomic E-state index is 10.5. The molecule has 0 aliphatic carbocycles. The number of carbonyl (C=O) groups is 2. The summed E-state index contributed by atoms with van der Waals surface area (Å²) in [6.45, 7) is 7.70. The van der Waals surface area contributed by atoms with E-state index in [0.717, 1.165) is 6.42 Å². The first kappa shape index (κ1) is 20.2. The average molecular weight is 276 g/mol. The molecule has 0 radical (unpaired) electrons. The molecular weight excluding hydrogens is 248 g/mol. The van der Waals surface area contributed by atoms with Crippen molar-refractivity contribution >= 4 is 11.9 Å². The van der Waals surface area contributed by atoms with Crippen LogP contribution in [-0.2, 0) is 19.1 Å². The summed E-state index contributed by atoms with van der Waals surface area (Å²) in [6.07, 6.45) is 4.74.